The fourth-order valence-electron chi connectivity index (χ4n) is 1.18. The summed E-state index contributed by atoms with van der Waals surface area (Å²) in [6.45, 7) is 3.10. The molecule has 0 aliphatic rings. The SMILES string of the molecule is Cc1nn2nc(F)c(C)c2c(=O)[nH]1. The van der Waals surface area contributed by atoms with Gasteiger partial charge in [-0.05, 0) is 13.8 Å². The quantitative estimate of drug-likeness (QED) is 0.631. The number of H-pyrrole nitrogens is 1. The van der Waals surface area contributed by atoms with E-state index < -0.39 is 5.95 Å². The maximum absolute atomic E-state index is 12.9. The number of aromatic amines is 1. The van der Waals surface area contributed by atoms with Crippen LogP contribution in [0.2, 0.25) is 0 Å². The van der Waals surface area contributed by atoms with Crippen LogP contribution >= 0.6 is 0 Å². The highest BCUT2D eigenvalue weighted by molar-refractivity contribution is 5.50. The molecular weight excluding hydrogens is 175 g/mol. The van der Waals surface area contributed by atoms with Gasteiger partial charge in [-0.2, -0.15) is 4.39 Å². The average molecular weight is 182 g/mol. The summed E-state index contributed by atoms with van der Waals surface area (Å²) in [7, 11) is 0. The number of fused-ring (bicyclic) bond motifs is 1. The third kappa shape index (κ3) is 1.02. The summed E-state index contributed by atoms with van der Waals surface area (Å²) in [5.74, 6) is -0.261. The van der Waals surface area contributed by atoms with E-state index in [-0.39, 0.29) is 16.6 Å². The molecule has 0 bridgehead atoms. The molecule has 2 rings (SSSR count). The van der Waals surface area contributed by atoms with Crippen LogP contribution < -0.4 is 5.56 Å². The Morgan fingerprint density at radius 2 is 2.08 bits per heavy atom. The molecule has 68 valence electrons. The number of rotatable bonds is 0. The monoisotopic (exact) mass is 182 g/mol. The predicted molar refractivity (Wildman–Crippen MR) is 43.0 cm³/mol. The van der Waals surface area contributed by atoms with Crippen LogP contribution in [0.25, 0.3) is 5.52 Å². The van der Waals surface area contributed by atoms with Crippen LogP contribution in [-0.4, -0.2) is 19.8 Å². The zero-order chi connectivity index (χ0) is 9.59. The molecule has 2 aromatic heterocycles. The normalized spacial score (nSPS) is 11.0. The Morgan fingerprint density at radius 1 is 1.38 bits per heavy atom. The molecule has 0 aliphatic heterocycles. The van der Waals surface area contributed by atoms with Gasteiger partial charge in [-0.15, -0.1) is 14.8 Å². The summed E-state index contributed by atoms with van der Waals surface area (Å²) in [6.07, 6.45) is 0. The van der Waals surface area contributed by atoms with Crippen LogP contribution in [0, 0.1) is 19.8 Å². The second kappa shape index (κ2) is 2.38. The van der Waals surface area contributed by atoms with Gasteiger partial charge in [0.2, 0.25) is 5.95 Å². The van der Waals surface area contributed by atoms with Crippen molar-refractivity contribution in [1.29, 1.82) is 0 Å². The van der Waals surface area contributed by atoms with Crippen molar-refractivity contribution in [2.24, 2.45) is 0 Å². The lowest BCUT2D eigenvalue weighted by Gasteiger charge is -1.92. The molecule has 0 atom stereocenters. The highest BCUT2D eigenvalue weighted by Gasteiger charge is 2.12. The molecule has 1 N–H and O–H groups in total. The molecule has 0 amide bonds. The largest absolute Gasteiger partial charge is 0.307 e. The molecule has 0 unspecified atom stereocenters. The van der Waals surface area contributed by atoms with Crippen LogP contribution in [0.4, 0.5) is 4.39 Å². The van der Waals surface area contributed by atoms with Crippen molar-refractivity contribution in [3.63, 3.8) is 0 Å². The lowest BCUT2D eigenvalue weighted by molar-refractivity contribution is 0.551. The average Bonchev–Trinajstić information content (AvgIpc) is 2.27. The van der Waals surface area contributed by atoms with Gasteiger partial charge in [0.15, 0.2) is 5.52 Å². The second-order valence-corrected chi connectivity index (χ2v) is 2.79. The Kier molecular flexibility index (Phi) is 1.45. The minimum atomic E-state index is -0.663. The van der Waals surface area contributed by atoms with E-state index in [0.29, 0.717) is 5.82 Å². The second-order valence-electron chi connectivity index (χ2n) is 2.79. The molecule has 0 radical (unpaired) electrons. The topological polar surface area (TPSA) is 63.1 Å². The Bertz CT molecular complexity index is 527. The van der Waals surface area contributed by atoms with Gasteiger partial charge in [0.05, 0.1) is 0 Å². The molecule has 6 heteroatoms. The van der Waals surface area contributed by atoms with E-state index in [9.17, 15) is 9.18 Å². The number of aryl methyl sites for hydroxylation is 2. The molecule has 0 fully saturated rings. The van der Waals surface area contributed by atoms with Gasteiger partial charge in [0.25, 0.3) is 5.56 Å². The van der Waals surface area contributed by atoms with E-state index in [1.54, 1.807) is 6.92 Å². The van der Waals surface area contributed by atoms with Crippen molar-refractivity contribution in [2.75, 3.05) is 0 Å². The minimum Gasteiger partial charge on any atom is -0.307 e. The van der Waals surface area contributed by atoms with E-state index in [4.69, 9.17) is 0 Å². The predicted octanol–water partition coefficient (Wildman–Crippen LogP) is 0.174. The Balaban J connectivity index is 3.03. The fourth-order valence-corrected chi connectivity index (χ4v) is 1.18. The van der Waals surface area contributed by atoms with Crippen molar-refractivity contribution < 1.29 is 4.39 Å². The lowest BCUT2D eigenvalue weighted by atomic mass is 10.3. The summed E-state index contributed by atoms with van der Waals surface area (Å²) in [5, 5.41) is 7.28. The summed E-state index contributed by atoms with van der Waals surface area (Å²) in [6, 6.07) is 0. The molecule has 0 saturated heterocycles. The van der Waals surface area contributed by atoms with Crippen LogP contribution in [0.1, 0.15) is 11.4 Å². The van der Waals surface area contributed by atoms with Crippen molar-refractivity contribution in [1.82, 2.24) is 19.8 Å². The number of nitrogens with one attached hydrogen (secondary N) is 1. The standard InChI is InChI=1S/C7H7FN4O/c1-3-5-7(13)9-4(2)10-12(5)11-6(3)8/h1-2H3,(H,9,10,13). The molecule has 0 aromatic carbocycles. The molecule has 0 spiro atoms. The lowest BCUT2D eigenvalue weighted by Crippen LogP contribution is -2.14. The van der Waals surface area contributed by atoms with Gasteiger partial charge in [0, 0.05) is 5.56 Å². The third-order valence-electron chi connectivity index (χ3n) is 1.80. The third-order valence-corrected chi connectivity index (χ3v) is 1.80. The summed E-state index contributed by atoms with van der Waals surface area (Å²) >= 11 is 0. The van der Waals surface area contributed by atoms with E-state index in [1.807, 2.05) is 0 Å². The van der Waals surface area contributed by atoms with E-state index in [1.165, 1.54) is 6.92 Å². The molecule has 13 heavy (non-hydrogen) atoms. The maximum Gasteiger partial charge on any atom is 0.277 e. The van der Waals surface area contributed by atoms with Gasteiger partial charge in [-0.25, -0.2) is 0 Å². The number of hydrogen-bond acceptors (Lipinski definition) is 3. The fraction of sp³-hybridized carbons (Fsp3) is 0.286. The number of hydrogen-bond donors (Lipinski definition) is 1. The van der Waals surface area contributed by atoms with Gasteiger partial charge in [0.1, 0.15) is 5.82 Å². The van der Waals surface area contributed by atoms with E-state index in [0.717, 1.165) is 4.63 Å². The Labute approximate surface area is 72.2 Å². The molecule has 0 saturated carbocycles. The van der Waals surface area contributed by atoms with Crippen LogP contribution in [-0.2, 0) is 0 Å². The van der Waals surface area contributed by atoms with Crippen LogP contribution in [0.3, 0.4) is 0 Å². The van der Waals surface area contributed by atoms with Crippen LogP contribution in [0.5, 0.6) is 0 Å². The number of aromatic nitrogens is 4. The smallest absolute Gasteiger partial charge is 0.277 e. The van der Waals surface area contributed by atoms with Crippen LogP contribution in [0.15, 0.2) is 4.79 Å². The highest BCUT2D eigenvalue weighted by Crippen LogP contribution is 2.06. The first-order valence-corrected chi connectivity index (χ1v) is 3.71. The van der Waals surface area contributed by atoms with E-state index in [2.05, 4.69) is 15.2 Å². The first-order valence-electron chi connectivity index (χ1n) is 3.71. The first kappa shape index (κ1) is 7.90. The summed E-state index contributed by atoms with van der Waals surface area (Å²) in [5.41, 5.74) is -0.00162. The molecule has 0 aliphatic carbocycles. The Hall–Kier alpha value is -1.72. The minimum absolute atomic E-state index is 0.156. The Morgan fingerprint density at radius 3 is 2.77 bits per heavy atom. The van der Waals surface area contributed by atoms with Gasteiger partial charge >= 0.3 is 0 Å². The van der Waals surface area contributed by atoms with Gasteiger partial charge in [-0.3, -0.25) is 4.79 Å². The highest BCUT2D eigenvalue weighted by atomic mass is 19.1. The number of halogens is 1. The zero-order valence-electron chi connectivity index (χ0n) is 7.13. The summed E-state index contributed by atoms with van der Waals surface area (Å²) < 4.78 is 13.9. The molecule has 2 aromatic rings. The molecular formula is C7H7FN4O. The molecule has 5 nitrogen and oxygen atoms in total. The van der Waals surface area contributed by atoms with E-state index >= 15 is 0 Å². The van der Waals surface area contributed by atoms with Crippen molar-refractivity contribution in [3.8, 4) is 0 Å². The molecule has 2 heterocycles. The summed E-state index contributed by atoms with van der Waals surface area (Å²) in [4.78, 5) is 13.8. The van der Waals surface area contributed by atoms with Crippen molar-refractivity contribution in [3.05, 3.63) is 27.7 Å². The van der Waals surface area contributed by atoms with Gasteiger partial charge in [-0.1, -0.05) is 0 Å². The van der Waals surface area contributed by atoms with Crippen molar-refractivity contribution >= 4 is 5.52 Å². The van der Waals surface area contributed by atoms with Gasteiger partial charge < -0.3 is 4.98 Å². The zero-order valence-corrected chi connectivity index (χ0v) is 7.13. The number of nitrogens with zero attached hydrogens (tertiary/aromatic N) is 3. The maximum atomic E-state index is 12.9. The first-order chi connectivity index (χ1) is 6.09. The van der Waals surface area contributed by atoms with Crippen molar-refractivity contribution in [2.45, 2.75) is 13.8 Å².